The summed E-state index contributed by atoms with van der Waals surface area (Å²) in [6.07, 6.45) is 9.23. The second kappa shape index (κ2) is 6.47. The first-order chi connectivity index (χ1) is 8.86. The fourth-order valence-corrected chi connectivity index (χ4v) is 2.57. The first-order valence-corrected chi connectivity index (χ1v) is 6.78. The van der Waals surface area contributed by atoms with Crippen LogP contribution < -0.4 is 10.1 Å². The maximum atomic E-state index is 5.85. The van der Waals surface area contributed by atoms with Crippen molar-refractivity contribution in [2.75, 3.05) is 13.2 Å². The Bertz CT molecular complexity index is 433. The van der Waals surface area contributed by atoms with Gasteiger partial charge in [0.25, 0.3) is 0 Å². The number of hydrogen-bond acceptors (Lipinski definition) is 2. The molecule has 0 bridgehead atoms. The lowest BCUT2D eigenvalue weighted by Crippen LogP contribution is -2.18. The number of rotatable bonds is 6. The lowest BCUT2D eigenvalue weighted by atomic mass is 10.1. The summed E-state index contributed by atoms with van der Waals surface area (Å²) in [5, 5.41) is 3.52. The summed E-state index contributed by atoms with van der Waals surface area (Å²) < 4.78 is 5.85. The van der Waals surface area contributed by atoms with E-state index in [1.54, 1.807) is 0 Å². The van der Waals surface area contributed by atoms with Gasteiger partial charge in [0.05, 0.1) is 6.61 Å². The van der Waals surface area contributed by atoms with Gasteiger partial charge in [-0.1, -0.05) is 19.1 Å². The Labute approximate surface area is 110 Å². The maximum absolute atomic E-state index is 5.85. The predicted octanol–water partition coefficient (Wildman–Crippen LogP) is 3.08. The zero-order valence-corrected chi connectivity index (χ0v) is 11.0. The molecule has 0 saturated carbocycles. The Morgan fingerprint density at radius 3 is 3.17 bits per heavy atom. The van der Waals surface area contributed by atoms with Crippen molar-refractivity contribution in [2.24, 2.45) is 0 Å². The van der Waals surface area contributed by atoms with Gasteiger partial charge in [0, 0.05) is 12.5 Å². The molecule has 2 heteroatoms. The standard InChI is InChI=1S/C16H21NO/c1-3-5-6-12-18-16-9-7-8-13-14(16)10-11-15(13)17-4-2/h1,7-9,15,17H,4-6,10-12H2,2H3. The van der Waals surface area contributed by atoms with Crippen LogP contribution in [0.4, 0.5) is 0 Å². The monoisotopic (exact) mass is 243 g/mol. The van der Waals surface area contributed by atoms with Crippen molar-refractivity contribution >= 4 is 0 Å². The van der Waals surface area contributed by atoms with Crippen LogP contribution in [0.5, 0.6) is 5.75 Å². The van der Waals surface area contributed by atoms with Crippen molar-refractivity contribution in [1.82, 2.24) is 5.32 Å². The van der Waals surface area contributed by atoms with E-state index < -0.39 is 0 Å². The molecule has 1 aromatic rings. The highest BCUT2D eigenvalue weighted by molar-refractivity contribution is 5.45. The quantitative estimate of drug-likeness (QED) is 0.612. The minimum atomic E-state index is 0.499. The van der Waals surface area contributed by atoms with E-state index in [0.717, 1.165) is 31.6 Å². The SMILES string of the molecule is C#CCCCOc1cccc2c1CCC2NCC. The number of nitrogens with one attached hydrogen (secondary N) is 1. The molecule has 0 aromatic heterocycles. The average molecular weight is 243 g/mol. The fraction of sp³-hybridized carbons (Fsp3) is 0.500. The Morgan fingerprint density at radius 2 is 2.39 bits per heavy atom. The Hall–Kier alpha value is -1.46. The molecule has 18 heavy (non-hydrogen) atoms. The van der Waals surface area contributed by atoms with Crippen molar-refractivity contribution in [3.05, 3.63) is 29.3 Å². The summed E-state index contributed by atoms with van der Waals surface area (Å²) in [5.74, 6) is 3.69. The fourth-order valence-electron chi connectivity index (χ4n) is 2.57. The molecular weight excluding hydrogens is 222 g/mol. The van der Waals surface area contributed by atoms with Crippen molar-refractivity contribution in [3.63, 3.8) is 0 Å². The predicted molar refractivity (Wildman–Crippen MR) is 74.7 cm³/mol. The van der Waals surface area contributed by atoms with Crippen LogP contribution in [0.1, 0.15) is 43.4 Å². The summed E-state index contributed by atoms with van der Waals surface area (Å²) in [4.78, 5) is 0. The molecule has 0 radical (unpaired) electrons. The van der Waals surface area contributed by atoms with E-state index in [1.165, 1.54) is 17.5 Å². The number of unbranched alkanes of at least 4 members (excludes halogenated alkanes) is 1. The van der Waals surface area contributed by atoms with E-state index in [9.17, 15) is 0 Å². The van der Waals surface area contributed by atoms with Gasteiger partial charge < -0.3 is 10.1 Å². The molecule has 0 aliphatic heterocycles. The van der Waals surface area contributed by atoms with Gasteiger partial charge in [0.2, 0.25) is 0 Å². The van der Waals surface area contributed by atoms with Crippen LogP contribution in [-0.4, -0.2) is 13.2 Å². The molecule has 0 spiro atoms. The first-order valence-electron chi connectivity index (χ1n) is 6.78. The summed E-state index contributed by atoms with van der Waals surface area (Å²) in [6, 6.07) is 6.87. The van der Waals surface area contributed by atoms with E-state index in [-0.39, 0.29) is 0 Å². The molecule has 1 aromatic carbocycles. The highest BCUT2D eigenvalue weighted by Crippen LogP contribution is 2.36. The molecule has 2 nitrogen and oxygen atoms in total. The van der Waals surface area contributed by atoms with Crippen molar-refractivity contribution in [3.8, 4) is 18.1 Å². The van der Waals surface area contributed by atoms with Gasteiger partial charge in [-0.2, -0.15) is 0 Å². The van der Waals surface area contributed by atoms with Gasteiger partial charge in [-0.15, -0.1) is 12.3 Å². The number of benzene rings is 1. The minimum Gasteiger partial charge on any atom is -0.493 e. The Kier molecular flexibility index (Phi) is 4.66. The molecule has 0 heterocycles. The third-order valence-electron chi connectivity index (χ3n) is 3.40. The number of terminal acetylenes is 1. The van der Waals surface area contributed by atoms with Gasteiger partial charge in [-0.3, -0.25) is 0 Å². The molecule has 1 atom stereocenters. The van der Waals surface area contributed by atoms with Crippen LogP contribution in [0, 0.1) is 12.3 Å². The van der Waals surface area contributed by atoms with Crippen LogP contribution in [0.15, 0.2) is 18.2 Å². The maximum Gasteiger partial charge on any atom is 0.122 e. The van der Waals surface area contributed by atoms with Crippen molar-refractivity contribution in [1.29, 1.82) is 0 Å². The second-order valence-corrected chi connectivity index (χ2v) is 4.63. The topological polar surface area (TPSA) is 21.3 Å². The summed E-state index contributed by atoms with van der Waals surface area (Å²) in [5.41, 5.74) is 2.79. The lowest BCUT2D eigenvalue weighted by Gasteiger charge is -2.14. The third kappa shape index (κ3) is 2.86. The first kappa shape index (κ1) is 13.0. The molecule has 1 aliphatic rings. The number of ether oxygens (including phenoxy) is 1. The molecule has 0 fully saturated rings. The van der Waals surface area contributed by atoms with Crippen LogP contribution in [0.25, 0.3) is 0 Å². The average Bonchev–Trinajstić information content (AvgIpc) is 2.79. The van der Waals surface area contributed by atoms with E-state index in [0.29, 0.717) is 12.6 Å². The van der Waals surface area contributed by atoms with Gasteiger partial charge in [0.1, 0.15) is 5.75 Å². The van der Waals surface area contributed by atoms with Crippen LogP contribution in [0.2, 0.25) is 0 Å². The zero-order chi connectivity index (χ0) is 12.8. The van der Waals surface area contributed by atoms with Gasteiger partial charge >= 0.3 is 0 Å². The molecule has 1 N–H and O–H groups in total. The minimum absolute atomic E-state index is 0.499. The molecule has 1 unspecified atom stereocenters. The Balaban J connectivity index is 2.03. The summed E-state index contributed by atoms with van der Waals surface area (Å²) in [7, 11) is 0. The smallest absolute Gasteiger partial charge is 0.122 e. The van der Waals surface area contributed by atoms with Gasteiger partial charge in [-0.05, 0) is 43.0 Å². The molecule has 1 aliphatic carbocycles. The second-order valence-electron chi connectivity index (χ2n) is 4.63. The Morgan fingerprint density at radius 1 is 1.50 bits per heavy atom. The molecule has 0 amide bonds. The van der Waals surface area contributed by atoms with E-state index >= 15 is 0 Å². The number of fused-ring (bicyclic) bond motifs is 1. The zero-order valence-electron chi connectivity index (χ0n) is 11.0. The normalized spacial score (nSPS) is 17.2. The van der Waals surface area contributed by atoms with E-state index in [2.05, 4.69) is 36.4 Å². The van der Waals surface area contributed by atoms with Crippen LogP contribution in [-0.2, 0) is 6.42 Å². The lowest BCUT2D eigenvalue weighted by molar-refractivity contribution is 0.310. The van der Waals surface area contributed by atoms with E-state index in [1.807, 2.05) is 0 Å². The molecule has 96 valence electrons. The van der Waals surface area contributed by atoms with Crippen LogP contribution in [0.3, 0.4) is 0 Å². The molecule has 0 saturated heterocycles. The molecule has 2 rings (SSSR count). The third-order valence-corrected chi connectivity index (χ3v) is 3.40. The highest BCUT2D eigenvalue weighted by Gasteiger charge is 2.24. The summed E-state index contributed by atoms with van der Waals surface area (Å²) >= 11 is 0. The highest BCUT2D eigenvalue weighted by atomic mass is 16.5. The largest absolute Gasteiger partial charge is 0.493 e. The van der Waals surface area contributed by atoms with Crippen molar-refractivity contribution < 1.29 is 4.74 Å². The molecular formula is C16H21NO. The number of hydrogen-bond donors (Lipinski definition) is 1. The van der Waals surface area contributed by atoms with E-state index in [4.69, 9.17) is 11.2 Å². The van der Waals surface area contributed by atoms with Gasteiger partial charge in [-0.25, -0.2) is 0 Å². The van der Waals surface area contributed by atoms with Gasteiger partial charge in [0.15, 0.2) is 0 Å². The van der Waals surface area contributed by atoms with Crippen molar-refractivity contribution in [2.45, 2.75) is 38.6 Å². The summed E-state index contributed by atoms with van der Waals surface area (Å²) in [6.45, 7) is 3.88. The van der Waals surface area contributed by atoms with Crippen LogP contribution >= 0.6 is 0 Å².